The molecular weight excluding hydrogens is 368 g/mol. The first kappa shape index (κ1) is 13.3. The summed E-state index contributed by atoms with van der Waals surface area (Å²) in [5.74, 6) is 0.329. The number of rotatable bonds is 3. The van der Waals surface area contributed by atoms with Crippen LogP contribution in [0.5, 0.6) is 0 Å². The topological polar surface area (TPSA) is 20.2 Å². The minimum absolute atomic E-state index is 0.329. The van der Waals surface area contributed by atoms with Gasteiger partial charge in [-0.25, -0.2) is 0 Å². The highest BCUT2D eigenvalue weighted by atomic mass is 79.9. The zero-order chi connectivity index (χ0) is 13.5. The van der Waals surface area contributed by atoms with Gasteiger partial charge in [-0.2, -0.15) is 0 Å². The highest BCUT2D eigenvalue weighted by molar-refractivity contribution is 9.10. The lowest BCUT2D eigenvalue weighted by molar-refractivity contribution is 0.0564. The lowest BCUT2D eigenvalue weighted by Crippen LogP contribution is -2.29. The Morgan fingerprint density at radius 3 is 1.47 bits per heavy atom. The van der Waals surface area contributed by atoms with Gasteiger partial charge < -0.3 is 5.11 Å². The smallest absolute Gasteiger partial charge is 0.117 e. The molecule has 0 unspecified atom stereocenters. The zero-order valence-electron chi connectivity index (χ0n) is 10.3. The van der Waals surface area contributed by atoms with E-state index in [9.17, 15) is 5.11 Å². The molecule has 1 N–H and O–H groups in total. The van der Waals surface area contributed by atoms with Gasteiger partial charge >= 0.3 is 0 Å². The lowest BCUT2D eigenvalue weighted by atomic mass is 9.82. The number of hydrogen-bond donors (Lipinski definition) is 1. The Morgan fingerprint density at radius 2 is 1.16 bits per heavy atom. The summed E-state index contributed by atoms with van der Waals surface area (Å²) < 4.78 is 2.07. The molecule has 1 saturated carbocycles. The van der Waals surface area contributed by atoms with E-state index < -0.39 is 5.60 Å². The van der Waals surface area contributed by atoms with Crippen LogP contribution in [0.2, 0.25) is 0 Å². The van der Waals surface area contributed by atoms with Crippen molar-refractivity contribution in [1.82, 2.24) is 0 Å². The summed E-state index contributed by atoms with van der Waals surface area (Å²) >= 11 is 6.89. The maximum Gasteiger partial charge on any atom is 0.117 e. The van der Waals surface area contributed by atoms with Gasteiger partial charge in [0.05, 0.1) is 0 Å². The molecule has 1 aliphatic carbocycles. The van der Waals surface area contributed by atoms with Crippen LogP contribution in [0.15, 0.2) is 57.5 Å². The molecule has 3 rings (SSSR count). The standard InChI is InChI=1S/C16H14Br2O/c17-14-7-3-12(4-8-14)16(19,11-1-2-11)13-5-9-15(18)10-6-13/h3-11,19H,1-2H2. The molecule has 0 heterocycles. The van der Waals surface area contributed by atoms with Gasteiger partial charge in [-0.15, -0.1) is 0 Å². The van der Waals surface area contributed by atoms with Crippen molar-refractivity contribution < 1.29 is 5.11 Å². The number of halogens is 2. The fourth-order valence-corrected chi connectivity index (χ4v) is 3.08. The van der Waals surface area contributed by atoms with Gasteiger partial charge in [0.2, 0.25) is 0 Å². The second-order valence-corrected chi connectivity index (χ2v) is 6.89. The van der Waals surface area contributed by atoms with Gasteiger partial charge in [0.15, 0.2) is 0 Å². The first-order valence-electron chi connectivity index (χ1n) is 6.35. The summed E-state index contributed by atoms with van der Waals surface area (Å²) in [6.45, 7) is 0. The molecule has 0 spiro atoms. The molecule has 0 amide bonds. The van der Waals surface area contributed by atoms with Crippen LogP contribution in [0, 0.1) is 5.92 Å². The van der Waals surface area contributed by atoms with Crippen molar-refractivity contribution in [3.05, 3.63) is 68.6 Å². The summed E-state index contributed by atoms with van der Waals surface area (Å²) in [5, 5.41) is 11.2. The zero-order valence-corrected chi connectivity index (χ0v) is 13.5. The Morgan fingerprint density at radius 1 is 0.789 bits per heavy atom. The van der Waals surface area contributed by atoms with E-state index in [4.69, 9.17) is 0 Å². The van der Waals surface area contributed by atoms with E-state index in [0.717, 1.165) is 32.9 Å². The molecule has 3 heteroatoms. The van der Waals surface area contributed by atoms with E-state index in [0.29, 0.717) is 5.92 Å². The fraction of sp³-hybridized carbons (Fsp3) is 0.250. The summed E-state index contributed by atoms with van der Waals surface area (Å²) in [7, 11) is 0. The van der Waals surface area contributed by atoms with Crippen molar-refractivity contribution >= 4 is 31.9 Å². The van der Waals surface area contributed by atoms with E-state index >= 15 is 0 Å². The predicted octanol–water partition coefficient (Wildman–Crippen LogP) is 4.86. The van der Waals surface area contributed by atoms with Crippen molar-refractivity contribution in [2.45, 2.75) is 18.4 Å². The van der Waals surface area contributed by atoms with E-state index in [1.54, 1.807) is 0 Å². The van der Waals surface area contributed by atoms with Crippen LogP contribution in [-0.4, -0.2) is 5.11 Å². The van der Waals surface area contributed by atoms with Crippen LogP contribution < -0.4 is 0 Å². The van der Waals surface area contributed by atoms with Gasteiger partial charge in [0.1, 0.15) is 5.60 Å². The molecule has 0 aliphatic heterocycles. The van der Waals surface area contributed by atoms with E-state index in [2.05, 4.69) is 31.9 Å². The molecule has 1 fully saturated rings. The second-order valence-electron chi connectivity index (χ2n) is 5.05. The molecular formula is C16H14Br2O. The SMILES string of the molecule is OC(c1ccc(Br)cc1)(c1ccc(Br)cc1)C1CC1. The first-order valence-corrected chi connectivity index (χ1v) is 7.94. The summed E-state index contributed by atoms with van der Waals surface area (Å²) in [4.78, 5) is 0. The van der Waals surface area contributed by atoms with Crippen LogP contribution in [-0.2, 0) is 5.60 Å². The highest BCUT2D eigenvalue weighted by Gasteiger charge is 2.46. The third-order valence-corrected chi connectivity index (χ3v) is 4.79. The largest absolute Gasteiger partial charge is 0.380 e. The maximum absolute atomic E-state index is 11.2. The maximum atomic E-state index is 11.2. The number of aliphatic hydroxyl groups is 1. The van der Waals surface area contributed by atoms with Gasteiger partial charge in [-0.05, 0) is 54.2 Å². The molecule has 0 saturated heterocycles. The molecule has 0 aromatic heterocycles. The van der Waals surface area contributed by atoms with Crippen molar-refractivity contribution in [3.63, 3.8) is 0 Å². The predicted molar refractivity (Wildman–Crippen MR) is 84.0 cm³/mol. The van der Waals surface area contributed by atoms with Gasteiger partial charge in [-0.3, -0.25) is 0 Å². The van der Waals surface area contributed by atoms with Crippen molar-refractivity contribution in [1.29, 1.82) is 0 Å². The van der Waals surface area contributed by atoms with Gasteiger partial charge in [0, 0.05) is 8.95 Å². The Balaban J connectivity index is 2.08. The number of hydrogen-bond acceptors (Lipinski definition) is 1. The Hall–Kier alpha value is -0.640. The molecule has 1 aliphatic rings. The summed E-state index contributed by atoms with van der Waals surface area (Å²) in [5.41, 5.74) is 1.09. The normalized spacial score (nSPS) is 15.5. The van der Waals surface area contributed by atoms with Crippen LogP contribution >= 0.6 is 31.9 Å². The van der Waals surface area contributed by atoms with Crippen molar-refractivity contribution in [2.24, 2.45) is 5.92 Å². The molecule has 0 bridgehead atoms. The van der Waals surface area contributed by atoms with Crippen molar-refractivity contribution in [2.75, 3.05) is 0 Å². The van der Waals surface area contributed by atoms with Gasteiger partial charge in [0.25, 0.3) is 0 Å². The van der Waals surface area contributed by atoms with Crippen LogP contribution in [0.1, 0.15) is 24.0 Å². The van der Waals surface area contributed by atoms with Gasteiger partial charge in [-0.1, -0.05) is 56.1 Å². The average molecular weight is 382 g/mol. The first-order chi connectivity index (χ1) is 9.10. The molecule has 1 nitrogen and oxygen atoms in total. The monoisotopic (exact) mass is 380 g/mol. The Kier molecular flexibility index (Phi) is 3.54. The van der Waals surface area contributed by atoms with Crippen molar-refractivity contribution in [3.8, 4) is 0 Å². The molecule has 2 aromatic carbocycles. The van der Waals surface area contributed by atoms with Crippen LogP contribution in [0.3, 0.4) is 0 Å². The van der Waals surface area contributed by atoms with Crippen LogP contribution in [0.25, 0.3) is 0 Å². The second kappa shape index (κ2) is 5.04. The molecule has 19 heavy (non-hydrogen) atoms. The minimum Gasteiger partial charge on any atom is -0.380 e. The molecule has 2 aromatic rings. The van der Waals surface area contributed by atoms with E-state index in [1.807, 2.05) is 48.5 Å². The Bertz CT molecular complexity index is 525. The third kappa shape index (κ3) is 2.51. The average Bonchev–Trinajstić information content (AvgIpc) is 3.24. The summed E-state index contributed by atoms with van der Waals surface area (Å²) in [6.07, 6.45) is 2.17. The molecule has 98 valence electrons. The molecule has 0 radical (unpaired) electrons. The molecule has 0 atom stereocenters. The highest BCUT2D eigenvalue weighted by Crippen LogP contribution is 2.49. The van der Waals surface area contributed by atoms with E-state index in [1.165, 1.54) is 0 Å². The quantitative estimate of drug-likeness (QED) is 0.804. The van der Waals surface area contributed by atoms with E-state index in [-0.39, 0.29) is 0 Å². The summed E-state index contributed by atoms with van der Waals surface area (Å²) in [6, 6.07) is 16.0. The minimum atomic E-state index is -0.860. The Labute approximate surface area is 129 Å². The third-order valence-electron chi connectivity index (χ3n) is 3.74. The van der Waals surface area contributed by atoms with Crippen LogP contribution in [0.4, 0.5) is 0 Å². The lowest BCUT2D eigenvalue weighted by Gasteiger charge is -2.29. The fourth-order valence-electron chi connectivity index (χ4n) is 2.55. The number of benzene rings is 2.